The summed E-state index contributed by atoms with van der Waals surface area (Å²) in [6.07, 6.45) is 0. The van der Waals surface area contributed by atoms with Gasteiger partial charge in [-0.25, -0.2) is 0 Å². The predicted octanol–water partition coefficient (Wildman–Crippen LogP) is 2.31. The molecule has 0 spiro atoms. The highest BCUT2D eigenvalue weighted by atomic mass is 127. The molecule has 0 unspecified atom stereocenters. The Morgan fingerprint density at radius 2 is 1.91 bits per heavy atom. The van der Waals surface area contributed by atoms with Gasteiger partial charge in [0.1, 0.15) is 11.5 Å². The van der Waals surface area contributed by atoms with Gasteiger partial charge in [0, 0.05) is 6.07 Å². The number of halogens is 1. The Morgan fingerprint density at radius 1 is 1.18 bits per heavy atom. The van der Waals surface area contributed by atoms with Crippen molar-refractivity contribution in [2.75, 3.05) is 14.2 Å². The molecule has 0 fully saturated rings. The minimum atomic E-state index is 0.822. The lowest BCUT2D eigenvalue weighted by atomic mass is 10.3. The van der Waals surface area contributed by atoms with Gasteiger partial charge in [-0.05, 0) is 34.7 Å². The van der Waals surface area contributed by atoms with Crippen molar-refractivity contribution in [2.24, 2.45) is 0 Å². The Kier molecular flexibility index (Phi) is 2.99. The third-order valence-electron chi connectivity index (χ3n) is 1.36. The van der Waals surface area contributed by atoms with E-state index in [0.717, 1.165) is 15.1 Å². The number of methoxy groups -OCH3 is 2. The van der Waals surface area contributed by atoms with Crippen molar-refractivity contribution < 1.29 is 9.47 Å². The minimum Gasteiger partial charge on any atom is -0.497 e. The first-order valence-corrected chi connectivity index (χ1v) is 4.23. The maximum Gasteiger partial charge on any atom is 0.135 e. The largest absolute Gasteiger partial charge is 0.497 e. The van der Waals surface area contributed by atoms with E-state index in [-0.39, 0.29) is 0 Å². The van der Waals surface area contributed by atoms with E-state index in [9.17, 15) is 0 Å². The van der Waals surface area contributed by atoms with Crippen LogP contribution in [0.25, 0.3) is 0 Å². The highest BCUT2D eigenvalue weighted by Gasteiger charge is 1.99. The SMILES string of the molecule is COc1ccc(I)c(OC)c1. The molecule has 2 nitrogen and oxygen atoms in total. The highest BCUT2D eigenvalue weighted by molar-refractivity contribution is 14.1. The number of hydrogen-bond acceptors (Lipinski definition) is 2. The van der Waals surface area contributed by atoms with E-state index in [1.54, 1.807) is 14.2 Å². The zero-order chi connectivity index (χ0) is 8.27. The fraction of sp³-hybridized carbons (Fsp3) is 0.250. The predicted molar refractivity (Wildman–Crippen MR) is 52.3 cm³/mol. The molecule has 0 saturated heterocycles. The van der Waals surface area contributed by atoms with Gasteiger partial charge in [-0.15, -0.1) is 0 Å². The summed E-state index contributed by atoms with van der Waals surface area (Å²) in [5, 5.41) is 0. The zero-order valence-electron chi connectivity index (χ0n) is 6.43. The average molecular weight is 264 g/mol. The summed E-state index contributed by atoms with van der Waals surface area (Å²) in [7, 11) is 3.29. The number of hydrogen-bond donors (Lipinski definition) is 0. The molecule has 0 aliphatic carbocycles. The molecule has 1 aromatic carbocycles. The molecule has 0 aromatic heterocycles. The first kappa shape index (κ1) is 8.64. The molecule has 0 aliphatic rings. The first-order chi connectivity index (χ1) is 5.27. The van der Waals surface area contributed by atoms with E-state index < -0.39 is 0 Å². The van der Waals surface area contributed by atoms with Crippen LogP contribution in [0.4, 0.5) is 0 Å². The molecule has 3 heteroatoms. The van der Waals surface area contributed by atoms with Crippen LogP contribution < -0.4 is 9.47 Å². The average Bonchev–Trinajstić information content (AvgIpc) is 2.05. The van der Waals surface area contributed by atoms with Crippen molar-refractivity contribution in [2.45, 2.75) is 0 Å². The van der Waals surface area contributed by atoms with E-state index in [0.29, 0.717) is 0 Å². The van der Waals surface area contributed by atoms with E-state index in [1.165, 1.54) is 0 Å². The van der Waals surface area contributed by atoms with Gasteiger partial charge in [0.05, 0.1) is 17.8 Å². The van der Waals surface area contributed by atoms with E-state index in [2.05, 4.69) is 22.6 Å². The highest BCUT2D eigenvalue weighted by Crippen LogP contribution is 2.25. The minimum absolute atomic E-state index is 0.822. The quantitative estimate of drug-likeness (QED) is 0.763. The van der Waals surface area contributed by atoms with Crippen molar-refractivity contribution in [1.82, 2.24) is 0 Å². The smallest absolute Gasteiger partial charge is 0.135 e. The van der Waals surface area contributed by atoms with E-state index in [1.807, 2.05) is 18.2 Å². The molecule has 1 rings (SSSR count). The van der Waals surface area contributed by atoms with Crippen molar-refractivity contribution in [1.29, 1.82) is 0 Å². The Morgan fingerprint density at radius 3 is 2.45 bits per heavy atom. The molecular formula is C8H9IO2. The van der Waals surface area contributed by atoms with Gasteiger partial charge < -0.3 is 9.47 Å². The van der Waals surface area contributed by atoms with E-state index in [4.69, 9.17) is 9.47 Å². The molecule has 1 aromatic rings. The second-order valence-electron chi connectivity index (χ2n) is 2.00. The Hall–Kier alpha value is -0.450. The maximum absolute atomic E-state index is 5.10. The van der Waals surface area contributed by atoms with E-state index >= 15 is 0 Å². The molecule has 0 aliphatic heterocycles. The molecule has 0 amide bonds. The summed E-state index contributed by atoms with van der Waals surface area (Å²) < 4.78 is 11.2. The normalized spacial score (nSPS) is 9.36. The fourth-order valence-corrected chi connectivity index (χ4v) is 1.32. The molecule has 0 atom stereocenters. The van der Waals surface area contributed by atoms with Gasteiger partial charge >= 0.3 is 0 Å². The monoisotopic (exact) mass is 264 g/mol. The Labute approximate surface area is 79.7 Å². The Balaban J connectivity index is 3.02. The molecule has 0 bridgehead atoms. The van der Waals surface area contributed by atoms with Gasteiger partial charge in [-0.2, -0.15) is 0 Å². The lowest BCUT2D eigenvalue weighted by Crippen LogP contribution is -1.88. The summed E-state index contributed by atoms with van der Waals surface area (Å²) in [6, 6.07) is 5.73. The van der Waals surface area contributed by atoms with Crippen LogP contribution in [-0.2, 0) is 0 Å². The lowest BCUT2D eigenvalue weighted by Gasteiger charge is -2.04. The summed E-state index contributed by atoms with van der Waals surface area (Å²) in [5.41, 5.74) is 0. The first-order valence-electron chi connectivity index (χ1n) is 3.15. The molecule has 0 radical (unpaired) electrons. The van der Waals surface area contributed by atoms with Crippen molar-refractivity contribution in [3.05, 3.63) is 21.8 Å². The third-order valence-corrected chi connectivity index (χ3v) is 2.25. The molecule has 0 heterocycles. The molecule has 11 heavy (non-hydrogen) atoms. The van der Waals surface area contributed by atoms with Crippen molar-refractivity contribution in [3.8, 4) is 11.5 Å². The molecule has 0 saturated carbocycles. The second kappa shape index (κ2) is 3.80. The van der Waals surface area contributed by atoms with Crippen LogP contribution in [0.2, 0.25) is 0 Å². The van der Waals surface area contributed by atoms with Crippen LogP contribution in [0.5, 0.6) is 11.5 Å². The molecule has 0 N–H and O–H groups in total. The Bertz CT molecular complexity index is 248. The number of benzene rings is 1. The van der Waals surface area contributed by atoms with Gasteiger partial charge in [0.2, 0.25) is 0 Å². The van der Waals surface area contributed by atoms with Crippen LogP contribution in [0.15, 0.2) is 18.2 Å². The lowest BCUT2D eigenvalue weighted by molar-refractivity contribution is 0.392. The third kappa shape index (κ3) is 1.99. The molecular weight excluding hydrogens is 255 g/mol. The van der Waals surface area contributed by atoms with Crippen LogP contribution in [-0.4, -0.2) is 14.2 Å². The van der Waals surface area contributed by atoms with Crippen molar-refractivity contribution in [3.63, 3.8) is 0 Å². The van der Waals surface area contributed by atoms with Crippen LogP contribution in [0, 0.1) is 3.57 Å². The standard InChI is InChI=1S/C8H9IO2/c1-10-6-3-4-7(9)8(5-6)11-2/h3-5H,1-2H3. The summed E-state index contributed by atoms with van der Waals surface area (Å²) in [4.78, 5) is 0. The van der Waals surface area contributed by atoms with Gasteiger partial charge in [0.15, 0.2) is 0 Å². The molecule has 60 valence electrons. The summed E-state index contributed by atoms with van der Waals surface area (Å²) in [5.74, 6) is 1.67. The fourth-order valence-electron chi connectivity index (χ4n) is 0.767. The summed E-state index contributed by atoms with van der Waals surface area (Å²) in [6.45, 7) is 0. The number of ether oxygens (including phenoxy) is 2. The zero-order valence-corrected chi connectivity index (χ0v) is 8.58. The second-order valence-corrected chi connectivity index (χ2v) is 3.16. The van der Waals surface area contributed by atoms with Crippen molar-refractivity contribution >= 4 is 22.6 Å². The van der Waals surface area contributed by atoms with Crippen LogP contribution in [0.3, 0.4) is 0 Å². The van der Waals surface area contributed by atoms with Gasteiger partial charge in [-0.3, -0.25) is 0 Å². The van der Waals surface area contributed by atoms with Crippen LogP contribution >= 0.6 is 22.6 Å². The van der Waals surface area contributed by atoms with Gasteiger partial charge in [0.25, 0.3) is 0 Å². The number of rotatable bonds is 2. The topological polar surface area (TPSA) is 18.5 Å². The summed E-state index contributed by atoms with van der Waals surface area (Å²) >= 11 is 2.21. The van der Waals surface area contributed by atoms with Crippen LogP contribution in [0.1, 0.15) is 0 Å². The van der Waals surface area contributed by atoms with Gasteiger partial charge in [-0.1, -0.05) is 0 Å². The maximum atomic E-state index is 5.10.